The van der Waals surface area contributed by atoms with Gasteiger partial charge in [0.25, 0.3) is 5.91 Å². The van der Waals surface area contributed by atoms with E-state index in [1.54, 1.807) is 46.0 Å². The zero-order valence-corrected chi connectivity index (χ0v) is 27.4. The molecule has 1 heterocycles. The summed E-state index contributed by atoms with van der Waals surface area (Å²) in [6.45, 7) is 8.80. The lowest BCUT2D eigenvalue weighted by Gasteiger charge is -2.19. The smallest absolute Gasteiger partial charge is 0.416 e. The summed E-state index contributed by atoms with van der Waals surface area (Å²) in [5.74, 6) is -0.130. The zero-order chi connectivity index (χ0) is 35.0. The lowest BCUT2D eigenvalue weighted by atomic mass is 10.1. The lowest BCUT2D eigenvalue weighted by Crippen LogP contribution is -2.34. The number of hydrogen-bond acceptors (Lipinski definition) is 11. The number of aromatic nitrogens is 4. The second-order valence-electron chi connectivity index (χ2n) is 11.2. The van der Waals surface area contributed by atoms with Crippen molar-refractivity contribution < 1.29 is 46.4 Å². The van der Waals surface area contributed by atoms with Gasteiger partial charge in [-0.2, -0.15) is 18.0 Å². The van der Waals surface area contributed by atoms with Crippen LogP contribution in [0.2, 0.25) is 0 Å². The van der Waals surface area contributed by atoms with Gasteiger partial charge in [0.1, 0.15) is 5.60 Å². The fourth-order valence-electron chi connectivity index (χ4n) is 3.91. The standard InChI is InChI=1S/C31H42F3N7O7/c1-30(2,3)48-29(43)36-12-14-45-16-18-47-20-19-46-17-15-44-13-11-35-28(42)22-5-10-26(25(21-22)27-38-40-41(4)39-27)37-24-8-6-23(7-9-24)31(32,33)34/h5-10,21,37H,11-20H2,1-4H3,(H,35,42)(H,36,43). The highest BCUT2D eigenvalue weighted by atomic mass is 19.4. The van der Waals surface area contributed by atoms with E-state index in [1.165, 1.54) is 16.9 Å². The van der Waals surface area contributed by atoms with Crippen LogP contribution in [0.1, 0.15) is 36.7 Å². The molecule has 0 fully saturated rings. The minimum atomic E-state index is -4.44. The maximum atomic E-state index is 12.9. The van der Waals surface area contributed by atoms with Crippen molar-refractivity contribution in [3.8, 4) is 11.4 Å². The second kappa shape index (κ2) is 18.9. The Balaban J connectivity index is 1.29. The lowest BCUT2D eigenvalue weighted by molar-refractivity contribution is -0.137. The van der Waals surface area contributed by atoms with E-state index in [0.717, 1.165) is 12.1 Å². The molecule has 0 saturated heterocycles. The maximum absolute atomic E-state index is 12.9. The highest BCUT2D eigenvalue weighted by Gasteiger charge is 2.30. The molecular weight excluding hydrogens is 639 g/mol. The third-order valence-electron chi connectivity index (χ3n) is 6.08. The molecule has 1 aromatic heterocycles. The first-order valence-electron chi connectivity index (χ1n) is 15.2. The normalized spacial score (nSPS) is 11.7. The van der Waals surface area contributed by atoms with Gasteiger partial charge in [0.2, 0.25) is 5.82 Å². The molecule has 0 bridgehead atoms. The van der Waals surface area contributed by atoms with Crippen molar-refractivity contribution in [2.45, 2.75) is 32.5 Å². The summed E-state index contributed by atoms with van der Waals surface area (Å²) in [6, 6.07) is 9.35. The molecule has 0 spiro atoms. The average Bonchev–Trinajstić information content (AvgIpc) is 3.45. The van der Waals surface area contributed by atoms with Crippen LogP contribution >= 0.6 is 0 Å². The van der Waals surface area contributed by atoms with Crippen LogP contribution in [0.25, 0.3) is 11.4 Å². The van der Waals surface area contributed by atoms with Crippen LogP contribution in [-0.2, 0) is 36.9 Å². The van der Waals surface area contributed by atoms with Gasteiger partial charge in [-0.25, -0.2) is 4.79 Å². The number of benzene rings is 2. The van der Waals surface area contributed by atoms with Crippen molar-refractivity contribution in [3.63, 3.8) is 0 Å². The fourth-order valence-corrected chi connectivity index (χ4v) is 3.91. The molecule has 14 nitrogen and oxygen atoms in total. The van der Waals surface area contributed by atoms with E-state index in [0.29, 0.717) is 75.3 Å². The van der Waals surface area contributed by atoms with Gasteiger partial charge in [-0.3, -0.25) is 4.79 Å². The SMILES string of the molecule is Cn1nnc(-c2cc(C(=O)NCCOCCOCCOCCOCCNC(=O)OC(C)(C)C)ccc2Nc2ccc(C(F)(F)F)cc2)n1. The number of anilines is 2. The minimum Gasteiger partial charge on any atom is -0.444 e. The molecule has 0 aliphatic heterocycles. The summed E-state index contributed by atoms with van der Waals surface area (Å²) in [7, 11) is 1.59. The Kier molecular flexibility index (Phi) is 15.0. The number of nitrogens with zero attached hydrogens (tertiary/aromatic N) is 4. The van der Waals surface area contributed by atoms with Gasteiger partial charge < -0.3 is 39.6 Å². The van der Waals surface area contributed by atoms with E-state index in [9.17, 15) is 22.8 Å². The van der Waals surface area contributed by atoms with E-state index in [2.05, 4.69) is 31.4 Å². The van der Waals surface area contributed by atoms with Crippen LogP contribution in [0.3, 0.4) is 0 Å². The number of carbonyl (C=O) groups is 2. The largest absolute Gasteiger partial charge is 0.444 e. The van der Waals surface area contributed by atoms with Crippen LogP contribution in [0, 0.1) is 0 Å². The fraction of sp³-hybridized carbons (Fsp3) is 0.516. The van der Waals surface area contributed by atoms with Gasteiger partial charge in [-0.1, -0.05) is 0 Å². The Bertz CT molecular complexity index is 1430. The first kappa shape index (κ1) is 38.1. The molecule has 0 aliphatic rings. The van der Waals surface area contributed by atoms with Crippen molar-refractivity contribution in [1.82, 2.24) is 30.8 Å². The molecular formula is C31H42F3N7O7. The first-order chi connectivity index (χ1) is 22.8. The van der Waals surface area contributed by atoms with Gasteiger partial charge >= 0.3 is 12.3 Å². The predicted octanol–water partition coefficient (Wildman–Crippen LogP) is 3.96. The van der Waals surface area contributed by atoms with Crippen LogP contribution in [-0.4, -0.2) is 104 Å². The van der Waals surface area contributed by atoms with Crippen molar-refractivity contribution in [3.05, 3.63) is 53.6 Å². The first-order valence-corrected chi connectivity index (χ1v) is 15.2. The summed E-state index contributed by atoms with van der Waals surface area (Å²) < 4.78 is 65.7. The molecule has 48 heavy (non-hydrogen) atoms. The average molecular weight is 682 g/mol. The summed E-state index contributed by atoms with van der Waals surface area (Å²) >= 11 is 0. The molecule has 3 aromatic rings. The summed E-state index contributed by atoms with van der Waals surface area (Å²) in [6.07, 6.45) is -4.93. The highest BCUT2D eigenvalue weighted by Crippen LogP contribution is 2.32. The monoisotopic (exact) mass is 681 g/mol. The van der Waals surface area contributed by atoms with Crippen LogP contribution in [0.15, 0.2) is 42.5 Å². The van der Waals surface area contributed by atoms with Gasteiger partial charge in [0, 0.05) is 35.6 Å². The number of alkyl halides is 3. The number of tetrazole rings is 1. The molecule has 3 rings (SSSR count). The number of aryl methyl sites for hydroxylation is 1. The number of amides is 2. The van der Waals surface area contributed by atoms with Crippen LogP contribution < -0.4 is 16.0 Å². The molecule has 264 valence electrons. The third-order valence-corrected chi connectivity index (χ3v) is 6.08. The maximum Gasteiger partial charge on any atom is 0.416 e. The second-order valence-corrected chi connectivity index (χ2v) is 11.2. The van der Waals surface area contributed by atoms with Crippen molar-refractivity contribution >= 4 is 23.4 Å². The number of nitrogens with one attached hydrogen (secondary N) is 3. The summed E-state index contributed by atoms with van der Waals surface area (Å²) in [4.78, 5) is 25.6. The minimum absolute atomic E-state index is 0.230. The van der Waals surface area contributed by atoms with Gasteiger partial charge in [0.05, 0.1) is 65.5 Å². The van der Waals surface area contributed by atoms with E-state index in [1.807, 2.05) is 0 Å². The quantitative estimate of drug-likeness (QED) is 0.157. The Morgan fingerprint density at radius 1 is 0.792 bits per heavy atom. The van der Waals surface area contributed by atoms with E-state index in [-0.39, 0.29) is 24.9 Å². The molecule has 17 heteroatoms. The van der Waals surface area contributed by atoms with Crippen LogP contribution in [0.4, 0.5) is 29.3 Å². The molecule has 0 unspecified atom stereocenters. The summed E-state index contributed by atoms with van der Waals surface area (Å²) in [5.41, 5.74) is 0.337. The number of halogens is 3. The van der Waals surface area contributed by atoms with Crippen LogP contribution in [0.5, 0.6) is 0 Å². The van der Waals surface area contributed by atoms with Crippen molar-refractivity contribution in [1.29, 1.82) is 0 Å². The third kappa shape index (κ3) is 14.2. The van der Waals surface area contributed by atoms with E-state index >= 15 is 0 Å². The number of hydrogen-bond donors (Lipinski definition) is 3. The molecule has 0 saturated carbocycles. The Hall–Kier alpha value is -4.32. The van der Waals surface area contributed by atoms with E-state index in [4.69, 9.17) is 23.7 Å². The molecule has 0 radical (unpaired) electrons. The Morgan fingerprint density at radius 2 is 1.35 bits per heavy atom. The highest BCUT2D eigenvalue weighted by molar-refractivity contribution is 5.97. The number of carbonyl (C=O) groups excluding carboxylic acids is 2. The van der Waals surface area contributed by atoms with Gasteiger partial charge in [-0.15, -0.1) is 10.2 Å². The van der Waals surface area contributed by atoms with Crippen molar-refractivity contribution in [2.24, 2.45) is 7.05 Å². The Morgan fingerprint density at radius 3 is 1.88 bits per heavy atom. The molecule has 3 N–H and O–H groups in total. The number of rotatable bonds is 19. The van der Waals surface area contributed by atoms with Gasteiger partial charge in [-0.05, 0) is 68.4 Å². The Labute approximate surface area is 276 Å². The number of alkyl carbamates (subject to hydrolysis) is 1. The topological polar surface area (TPSA) is 160 Å². The zero-order valence-electron chi connectivity index (χ0n) is 27.4. The summed E-state index contributed by atoms with van der Waals surface area (Å²) in [5, 5.41) is 20.5. The van der Waals surface area contributed by atoms with E-state index < -0.39 is 23.4 Å². The molecule has 0 atom stereocenters. The van der Waals surface area contributed by atoms with Gasteiger partial charge in [0.15, 0.2) is 0 Å². The van der Waals surface area contributed by atoms with Crippen molar-refractivity contribution in [2.75, 3.05) is 71.3 Å². The molecule has 2 aromatic carbocycles. The predicted molar refractivity (Wildman–Crippen MR) is 169 cm³/mol. The molecule has 0 aliphatic carbocycles. The molecule has 2 amide bonds. The number of ether oxygens (including phenoxy) is 5.